The summed E-state index contributed by atoms with van der Waals surface area (Å²) in [4.78, 5) is 30.0. The monoisotopic (exact) mass is 718 g/mol. The molecule has 0 bridgehead atoms. The second-order valence-electron chi connectivity index (χ2n) is 11.4. The highest BCUT2D eigenvalue weighted by atomic mass is 35.5. The molecular formula is C36H36Cl2N6O4S. The minimum absolute atomic E-state index is 0.0628. The molecule has 2 amide bonds. The summed E-state index contributed by atoms with van der Waals surface area (Å²) < 4.78 is 29.4. The highest BCUT2D eigenvalue weighted by Gasteiger charge is 2.28. The number of rotatable bonds is 10. The molecule has 0 atom stereocenters. The number of benzene rings is 4. The number of halogens is 2. The van der Waals surface area contributed by atoms with Crippen LogP contribution in [0.4, 0.5) is 11.4 Å². The molecule has 5 aromatic rings. The van der Waals surface area contributed by atoms with Crippen LogP contribution in [-0.4, -0.2) is 54.8 Å². The molecule has 0 unspecified atom stereocenters. The standard InChI is InChI=1S/C19H19ClN4O3S.C17H17ClN2O/c1-21-19(25)15-4-3-5-17(10-15)24(11-14-6-8-16(20)9-7-14)28(26,27)18-12-23(2)13-22-18;18-15-7-5-13(6-8-15)12-19-16-4-1-3-14(11-16)17(21)20-9-2-10-20/h3-10,12-13H,11H2,1-2H3,(H,21,25);1,3-8,11,19H,2,9-10,12H2. The van der Waals surface area contributed by atoms with E-state index < -0.39 is 10.0 Å². The lowest BCUT2D eigenvalue weighted by atomic mass is 10.1. The molecule has 1 aliphatic rings. The van der Waals surface area contributed by atoms with Crippen LogP contribution < -0.4 is 14.9 Å². The quantitative estimate of drug-likeness (QED) is 0.168. The van der Waals surface area contributed by atoms with E-state index in [2.05, 4.69) is 15.6 Å². The number of carbonyl (C=O) groups excluding carboxylic acids is 2. The third kappa shape index (κ3) is 9.20. The molecule has 0 radical (unpaired) electrons. The van der Waals surface area contributed by atoms with E-state index in [0.29, 0.717) is 22.8 Å². The Morgan fingerprint density at radius 1 is 0.857 bits per heavy atom. The topological polar surface area (TPSA) is 117 Å². The van der Waals surface area contributed by atoms with Crippen molar-refractivity contribution in [3.63, 3.8) is 0 Å². The number of amides is 2. The van der Waals surface area contributed by atoms with Crippen LogP contribution in [0.2, 0.25) is 10.0 Å². The Balaban J connectivity index is 0.000000199. The van der Waals surface area contributed by atoms with Crippen molar-refractivity contribution in [3.8, 4) is 0 Å². The first kappa shape index (κ1) is 35.5. The lowest BCUT2D eigenvalue weighted by Gasteiger charge is -2.31. The van der Waals surface area contributed by atoms with Crippen molar-refractivity contribution in [2.24, 2.45) is 7.05 Å². The number of likely N-dealkylation sites (tertiary alicyclic amines) is 1. The fourth-order valence-electron chi connectivity index (χ4n) is 4.92. The van der Waals surface area contributed by atoms with Gasteiger partial charge >= 0.3 is 0 Å². The van der Waals surface area contributed by atoms with Crippen molar-refractivity contribution in [2.75, 3.05) is 29.8 Å². The van der Waals surface area contributed by atoms with Crippen LogP contribution in [0.25, 0.3) is 0 Å². The molecule has 1 aliphatic heterocycles. The van der Waals surface area contributed by atoms with Gasteiger partial charge in [0.05, 0.1) is 18.6 Å². The minimum Gasteiger partial charge on any atom is -0.381 e. The summed E-state index contributed by atoms with van der Waals surface area (Å²) in [6, 6.07) is 28.8. The molecule has 254 valence electrons. The second-order valence-corrected chi connectivity index (χ2v) is 14.0. The van der Waals surface area contributed by atoms with E-state index in [4.69, 9.17) is 23.2 Å². The number of anilines is 2. The van der Waals surface area contributed by atoms with Gasteiger partial charge < -0.3 is 20.1 Å². The maximum Gasteiger partial charge on any atom is 0.283 e. The minimum atomic E-state index is -3.95. The molecule has 2 N–H and O–H groups in total. The van der Waals surface area contributed by atoms with Crippen molar-refractivity contribution in [3.05, 3.63) is 142 Å². The van der Waals surface area contributed by atoms with Gasteiger partial charge in [-0.25, -0.2) is 4.98 Å². The SMILES string of the molecule is CNC(=O)c1cccc(N(Cc2ccc(Cl)cc2)S(=O)(=O)c2cn(C)cn2)c1.O=C(c1cccc(NCc2ccc(Cl)cc2)c1)N1CCC1. The average Bonchev–Trinajstić information content (AvgIpc) is 3.54. The lowest BCUT2D eigenvalue weighted by molar-refractivity contribution is 0.0651. The molecule has 1 fully saturated rings. The van der Waals surface area contributed by atoms with E-state index in [9.17, 15) is 18.0 Å². The Bertz CT molecular complexity index is 2010. The first-order valence-corrected chi connectivity index (χ1v) is 17.7. The summed E-state index contributed by atoms with van der Waals surface area (Å²) in [6.07, 6.45) is 3.97. The summed E-state index contributed by atoms with van der Waals surface area (Å²) in [5, 5.41) is 7.10. The first-order chi connectivity index (χ1) is 23.5. The Hall–Kier alpha value is -4.84. The highest BCUT2D eigenvalue weighted by Crippen LogP contribution is 2.27. The number of nitrogens with zero attached hydrogens (tertiary/aromatic N) is 4. The Kier molecular flexibility index (Phi) is 11.6. The maximum absolute atomic E-state index is 13.3. The summed E-state index contributed by atoms with van der Waals surface area (Å²) in [7, 11) is -0.739. The largest absolute Gasteiger partial charge is 0.381 e. The molecule has 13 heteroatoms. The van der Waals surface area contributed by atoms with Gasteiger partial charge in [-0.1, -0.05) is 59.6 Å². The number of imidazole rings is 1. The smallest absolute Gasteiger partial charge is 0.283 e. The number of aromatic nitrogens is 2. The van der Waals surface area contributed by atoms with Crippen LogP contribution in [-0.2, 0) is 30.2 Å². The van der Waals surface area contributed by atoms with Gasteiger partial charge in [0.15, 0.2) is 5.03 Å². The molecular weight excluding hydrogens is 683 g/mol. The zero-order valence-electron chi connectivity index (χ0n) is 27.0. The maximum atomic E-state index is 13.3. The molecule has 2 heterocycles. The fourth-order valence-corrected chi connectivity index (χ4v) is 6.59. The molecule has 49 heavy (non-hydrogen) atoms. The molecule has 4 aromatic carbocycles. The van der Waals surface area contributed by atoms with E-state index in [1.54, 1.807) is 54.1 Å². The molecule has 1 saturated heterocycles. The van der Waals surface area contributed by atoms with Gasteiger partial charge in [-0.05, 0) is 78.2 Å². The van der Waals surface area contributed by atoms with Crippen LogP contribution in [0.5, 0.6) is 0 Å². The Morgan fingerprint density at radius 3 is 2.08 bits per heavy atom. The number of aryl methyl sites for hydroxylation is 1. The number of carbonyl (C=O) groups is 2. The molecule has 0 aliphatic carbocycles. The van der Waals surface area contributed by atoms with Gasteiger partial charge in [-0.3, -0.25) is 13.9 Å². The summed E-state index contributed by atoms with van der Waals surface area (Å²) in [5.74, 6) is -0.181. The molecule has 0 saturated carbocycles. The van der Waals surface area contributed by atoms with E-state index in [-0.39, 0.29) is 23.4 Å². The van der Waals surface area contributed by atoms with E-state index in [1.165, 1.54) is 29.9 Å². The van der Waals surface area contributed by atoms with Gasteiger partial charge in [0.25, 0.3) is 21.8 Å². The predicted octanol–water partition coefficient (Wildman–Crippen LogP) is 6.63. The molecule has 6 rings (SSSR count). The van der Waals surface area contributed by atoms with E-state index in [1.807, 2.05) is 53.4 Å². The van der Waals surface area contributed by atoms with Crippen molar-refractivity contribution in [1.29, 1.82) is 0 Å². The summed E-state index contributed by atoms with van der Waals surface area (Å²) in [6.45, 7) is 2.52. The third-order valence-electron chi connectivity index (χ3n) is 7.76. The van der Waals surface area contributed by atoms with Crippen molar-refractivity contribution in [2.45, 2.75) is 24.5 Å². The first-order valence-electron chi connectivity index (χ1n) is 15.5. The van der Waals surface area contributed by atoms with Gasteiger partial charge in [0, 0.05) is 66.8 Å². The lowest BCUT2D eigenvalue weighted by Crippen LogP contribution is -2.42. The van der Waals surface area contributed by atoms with Crippen LogP contribution in [0.3, 0.4) is 0 Å². The Morgan fingerprint density at radius 2 is 1.49 bits per heavy atom. The zero-order valence-corrected chi connectivity index (χ0v) is 29.3. The normalized spacial score (nSPS) is 12.3. The number of hydrogen-bond acceptors (Lipinski definition) is 6. The molecule has 1 aromatic heterocycles. The van der Waals surface area contributed by atoms with Gasteiger partial charge in [-0.15, -0.1) is 0 Å². The van der Waals surface area contributed by atoms with E-state index >= 15 is 0 Å². The zero-order chi connectivity index (χ0) is 35.0. The van der Waals surface area contributed by atoms with Crippen LogP contribution in [0, 0.1) is 0 Å². The third-order valence-corrected chi connectivity index (χ3v) is 9.92. The average molecular weight is 720 g/mol. The van der Waals surface area contributed by atoms with Crippen molar-refractivity contribution in [1.82, 2.24) is 19.8 Å². The van der Waals surface area contributed by atoms with Crippen LogP contribution in [0.1, 0.15) is 38.3 Å². The van der Waals surface area contributed by atoms with E-state index in [0.717, 1.165) is 46.9 Å². The van der Waals surface area contributed by atoms with Crippen molar-refractivity contribution < 1.29 is 18.0 Å². The van der Waals surface area contributed by atoms with Crippen LogP contribution >= 0.6 is 23.2 Å². The Labute approximate surface area is 296 Å². The molecule has 10 nitrogen and oxygen atoms in total. The van der Waals surface area contributed by atoms with Gasteiger partial charge in [0.2, 0.25) is 0 Å². The summed E-state index contributed by atoms with van der Waals surface area (Å²) in [5.41, 5.74) is 4.32. The summed E-state index contributed by atoms with van der Waals surface area (Å²) >= 11 is 11.8. The molecule has 0 spiro atoms. The number of sulfonamides is 1. The second kappa shape index (κ2) is 16.0. The number of nitrogens with one attached hydrogen (secondary N) is 2. The van der Waals surface area contributed by atoms with Crippen LogP contribution in [0.15, 0.2) is 115 Å². The highest BCUT2D eigenvalue weighted by molar-refractivity contribution is 7.92. The van der Waals surface area contributed by atoms with Crippen molar-refractivity contribution >= 4 is 56.4 Å². The number of hydrogen-bond donors (Lipinski definition) is 2. The predicted molar refractivity (Wildman–Crippen MR) is 194 cm³/mol. The van der Waals surface area contributed by atoms with Gasteiger partial charge in [-0.2, -0.15) is 8.42 Å². The van der Waals surface area contributed by atoms with Gasteiger partial charge in [0.1, 0.15) is 0 Å². The fraction of sp³-hybridized carbons (Fsp3) is 0.194.